The van der Waals surface area contributed by atoms with Gasteiger partial charge in [0.2, 0.25) is 5.91 Å². The number of nitrogens with zero attached hydrogens (tertiary/aromatic N) is 4. The summed E-state index contributed by atoms with van der Waals surface area (Å²) in [7, 11) is 0. The van der Waals surface area contributed by atoms with Gasteiger partial charge >= 0.3 is 0 Å². The molecule has 2 aliphatic rings. The predicted molar refractivity (Wildman–Crippen MR) is 105 cm³/mol. The highest BCUT2D eigenvalue weighted by atomic mass is 16.4. The number of fused-ring (bicyclic) bond motifs is 2. The monoisotopic (exact) mass is 389 g/mol. The molecule has 1 saturated heterocycles. The lowest BCUT2D eigenvalue weighted by molar-refractivity contribution is -0.133. The lowest BCUT2D eigenvalue weighted by atomic mass is 10.0. The van der Waals surface area contributed by atoms with E-state index < -0.39 is 0 Å². The van der Waals surface area contributed by atoms with E-state index in [1.807, 2.05) is 35.2 Å². The van der Waals surface area contributed by atoms with Gasteiger partial charge in [0.15, 0.2) is 5.58 Å². The Balaban J connectivity index is 1.40. The summed E-state index contributed by atoms with van der Waals surface area (Å²) in [6, 6.07) is 11.2. The Bertz CT molecular complexity index is 1170. The highest BCUT2D eigenvalue weighted by Crippen LogP contribution is 2.30. The van der Waals surface area contributed by atoms with Gasteiger partial charge in [-0.2, -0.15) is 10.2 Å². The summed E-state index contributed by atoms with van der Waals surface area (Å²) in [6.07, 6.45) is 2.21. The molecule has 146 valence electrons. The van der Waals surface area contributed by atoms with Crippen molar-refractivity contribution in [3.63, 3.8) is 0 Å². The number of oxazole rings is 1. The Morgan fingerprint density at radius 2 is 2.17 bits per heavy atom. The smallest absolute Gasteiger partial charge is 0.299 e. The van der Waals surface area contributed by atoms with Crippen molar-refractivity contribution in [3.05, 3.63) is 57.5 Å². The highest BCUT2D eigenvalue weighted by Gasteiger charge is 2.37. The van der Waals surface area contributed by atoms with Gasteiger partial charge < -0.3 is 19.2 Å². The van der Waals surface area contributed by atoms with Gasteiger partial charge in [-0.15, -0.1) is 0 Å². The number of amides is 1. The van der Waals surface area contributed by atoms with E-state index in [0.29, 0.717) is 31.1 Å². The maximum absolute atomic E-state index is 13.3. The SMILES string of the molecule is N#Cc1cc2c([nH]c1=O)CCN(C(=O)[C@H]1CCCN1c1nc3ccccc3o1)C2. The number of hydrogen-bond acceptors (Lipinski definition) is 6. The summed E-state index contributed by atoms with van der Waals surface area (Å²) in [5.74, 6) is 0.0279. The molecule has 0 aliphatic carbocycles. The topological polar surface area (TPSA) is 106 Å². The molecule has 8 nitrogen and oxygen atoms in total. The first-order valence-corrected chi connectivity index (χ1v) is 9.70. The molecule has 0 saturated carbocycles. The van der Waals surface area contributed by atoms with Gasteiger partial charge in [0, 0.05) is 31.7 Å². The number of hydrogen-bond donors (Lipinski definition) is 1. The molecular formula is C21H19N5O3. The number of nitrogens with one attached hydrogen (secondary N) is 1. The minimum absolute atomic E-state index is 0.0279. The molecule has 5 rings (SSSR count). The molecule has 0 unspecified atom stereocenters. The Morgan fingerprint density at radius 3 is 3.00 bits per heavy atom. The Labute approximate surface area is 166 Å². The fourth-order valence-electron chi connectivity index (χ4n) is 4.22. The maximum Gasteiger partial charge on any atom is 0.299 e. The molecule has 2 aromatic heterocycles. The van der Waals surface area contributed by atoms with Crippen LogP contribution in [0.3, 0.4) is 0 Å². The van der Waals surface area contributed by atoms with Gasteiger partial charge in [0.1, 0.15) is 23.2 Å². The summed E-state index contributed by atoms with van der Waals surface area (Å²) >= 11 is 0. The third-order valence-electron chi connectivity index (χ3n) is 5.71. The number of pyridine rings is 1. The molecule has 8 heteroatoms. The van der Waals surface area contributed by atoms with Crippen molar-refractivity contribution < 1.29 is 9.21 Å². The number of benzene rings is 1. The van der Waals surface area contributed by atoms with Crippen LogP contribution >= 0.6 is 0 Å². The van der Waals surface area contributed by atoms with Crippen LogP contribution in [0.15, 0.2) is 39.5 Å². The van der Waals surface area contributed by atoms with E-state index in [0.717, 1.165) is 36.2 Å². The predicted octanol–water partition coefficient (Wildman–Crippen LogP) is 1.94. The number of H-pyrrole nitrogens is 1. The number of carbonyl (C=O) groups is 1. The van der Waals surface area contributed by atoms with Gasteiger partial charge in [0.25, 0.3) is 11.6 Å². The van der Waals surface area contributed by atoms with Crippen molar-refractivity contribution in [2.75, 3.05) is 18.0 Å². The zero-order chi connectivity index (χ0) is 20.0. The van der Waals surface area contributed by atoms with Gasteiger partial charge in [-0.05, 0) is 36.6 Å². The van der Waals surface area contributed by atoms with E-state index in [1.54, 1.807) is 11.0 Å². The lowest BCUT2D eigenvalue weighted by Crippen LogP contribution is -2.48. The number of nitriles is 1. The summed E-state index contributed by atoms with van der Waals surface area (Å²) in [5, 5.41) is 9.11. The van der Waals surface area contributed by atoms with Crippen molar-refractivity contribution in [2.24, 2.45) is 0 Å². The minimum Gasteiger partial charge on any atom is -0.423 e. The minimum atomic E-state index is -0.371. The second kappa shape index (κ2) is 6.78. The van der Waals surface area contributed by atoms with Crippen molar-refractivity contribution >= 4 is 23.0 Å². The molecular weight excluding hydrogens is 370 g/mol. The summed E-state index contributed by atoms with van der Waals surface area (Å²) < 4.78 is 5.89. The number of para-hydroxylation sites is 2. The van der Waals surface area contributed by atoms with Crippen LogP contribution in [0, 0.1) is 11.3 Å². The second-order valence-corrected chi connectivity index (χ2v) is 7.45. The normalized spacial score (nSPS) is 18.7. The van der Waals surface area contributed by atoms with Crippen LogP contribution < -0.4 is 10.5 Å². The van der Waals surface area contributed by atoms with Crippen LogP contribution in [0.25, 0.3) is 11.1 Å². The average Bonchev–Trinajstić information content (AvgIpc) is 3.39. The van der Waals surface area contributed by atoms with Crippen LogP contribution in [0.1, 0.15) is 29.7 Å². The van der Waals surface area contributed by atoms with E-state index in [-0.39, 0.29) is 23.1 Å². The van der Waals surface area contributed by atoms with E-state index >= 15 is 0 Å². The molecule has 1 amide bonds. The van der Waals surface area contributed by atoms with E-state index in [2.05, 4.69) is 9.97 Å². The third kappa shape index (κ3) is 2.95. The van der Waals surface area contributed by atoms with Gasteiger partial charge in [-0.1, -0.05) is 12.1 Å². The zero-order valence-electron chi connectivity index (χ0n) is 15.7. The zero-order valence-corrected chi connectivity index (χ0v) is 15.7. The van der Waals surface area contributed by atoms with Gasteiger partial charge in [0.05, 0.1) is 0 Å². The van der Waals surface area contributed by atoms with Gasteiger partial charge in [-0.25, -0.2) is 0 Å². The fourth-order valence-corrected chi connectivity index (χ4v) is 4.22. The molecule has 1 fully saturated rings. The molecule has 1 aromatic carbocycles. The first kappa shape index (κ1) is 17.5. The van der Waals surface area contributed by atoms with Crippen LogP contribution in [-0.2, 0) is 17.8 Å². The van der Waals surface area contributed by atoms with Crippen molar-refractivity contribution in [1.29, 1.82) is 5.26 Å². The third-order valence-corrected chi connectivity index (χ3v) is 5.71. The largest absolute Gasteiger partial charge is 0.423 e. The van der Waals surface area contributed by atoms with E-state index in [1.165, 1.54) is 0 Å². The summed E-state index contributed by atoms with van der Waals surface area (Å²) in [4.78, 5) is 36.2. The molecule has 4 heterocycles. The first-order chi connectivity index (χ1) is 14.1. The summed E-state index contributed by atoms with van der Waals surface area (Å²) in [6.45, 7) is 1.64. The standard InChI is InChI=1S/C21H19N5O3/c22-11-13-10-14-12-25(9-7-15(14)23-19(13)27)20(28)17-5-3-8-26(17)21-24-16-4-1-2-6-18(16)29-21/h1-2,4,6,10,17H,3,5,7-9,12H2,(H,23,27)/t17-/m1/s1. The van der Waals surface area contributed by atoms with Crippen LogP contribution in [-0.4, -0.2) is 39.9 Å². The first-order valence-electron chi connectivity index (χ1n) is 9.70. The highest BCUT2D eigenvalue weighted by molar-refractivity contribution is 5.86. The van der Waals surface area contributed by atoms with Crippen molar-refractivity contribution in [2.45, 2.75) is 31.8 Å². The number of aromatic nitrogens is 2. The van der Waals surface area contributed by atoms with Gasteiger partial charge in [-0.3, -0.25) is 9.59 Å². The number of rotatable bonds is 2. The average molecular weight is 389 g/mol. The summed E-state index contributed by atoms with van der Waals surface area (Å²) in [5.41, 5.74) is 2.82. The molecule has 1 atom stereocenters. The van der Waals surface area contributed by atoms with Crippen molar-refractivity contribution in [3.8, 4) is 6.07 Å². The van der Waals surface area contributed by atoms with Crippen LogP contribution in [0.4, 0.5) is 6.01 Å². The second-order valence-electron chi connectivity index (χ2n) is 7.45. The molecule has 0 spiro atoms. The molecule has 1 N–H and O–H groups in total. The van der Waals surface area contributed by atoms with Crippen LogP contribution in [0.2, 0.25) is 0 Å². The Morgan fingerprint density at radius 1 is 1.31 bits per heavy atom. The van der Waals surface area contributed by atoms with Crippen molar-refractivity contribution in [1.82, 2.24) is 14.9 Å². The molecule has 3 aromatic rings. The molecule has 0 radical (unpaired) electrons. The fraction of sp³-hybridized carbons (Fsp3) is 0.333. The number of anilines is 1. The number of carbonyl (C=O) groups excluding carboxylic acids is 1. The molecule has 29 heavy (non-hydrogen) atoms. The Kier molecular flexibility index (Phi) is 4.09. The van der Waals surface area contributed by atoms with E-state index in [9.17, 15) is 9.59 Å². The quantitative estimate of drug-likeness (QED) is 0.718. The van der Waals surface area contributed by atoms with Crippen LogP contribution in [0.5, 0.6) is 0 Å². The Hall–Kier alpha value is -3.60. The lowest BCUT2D eigenvalue weighted by Gasteiger charge is -2.33. The maximum atomic E-state index is 13.3. The molecule has 2 aliphatic heterocycles. The van der Waals surface area contributed by atoms with E-state index in [4.69, 9.17) is 9.68 Å². The number of aromatic amines is 1. The molecule has 0 bridgehead atoms.